The Morgan fingerprint density at radius 2 is 2.20 bits per heavy atom. The zero-order valence-corrected chi connectivity index (χ0v) is 10.6. The molecule has 0 aromatic carbocycles. The maximum absolute atomic E-state index is 11.7. The molecule has 110 valence electrons. The number of ether oxygens (including phenoxy) is 5. The molecule has 2 saturated heterocycles. The summed E-state index contributed by atoms with van der Waals surface area (Å²) in [5.41, 5.74) is 4.94. The van der Waals surface area contributed by atoms with E-state index in [-0.39, 0.29) is 19.0 Å². The first-order chi connectivity index (χ1) is 9.72. The summed E-state index contributed by atoms with van der Waals surface area (Å²) in [6.45, 7) is 0.713. The van der Waals surface area contributed by atoms with Crippen molar-refractivity contribution in [2.24, 2.45) is 0 Å². The Bertz CT molecular complexity index is 515. The summed E-state index contributed by atoms with van der Waals surface area (Å²) in [7, 11) is 0. The first-order valence-corrected chi connectivity index (χ1v) is 6.19. The molecule has 2 N–H and O–H groups in total. The second-order valence-electron chi connectivity index (χ2n) is 4.26. The van der Waals surface area contributed by atoms with Gasteiger partial charge < -0.3 is 29.4 Å². The molecule has 1 aromatic heterocycles. The summed E-state index contributed by atoms with van der Waals surface area (Å²) in [6.07, 6.45) is 0.386. The fourth-order valence-electron chi connectivity index (χ4n) is 1.91. The highest BCUT2D eigenvalue weighted by molar-refractivity contribution is 5.23. The predicted molar refractivity (Wildman–Crippen MR) is 64.4 cm³/mol. The van der Waals surface area contributed by atoms with Crippen LogP contribution in [0.25, 0.3) is 0 Å². The molecule has 2 aliphatic rings. The van der Waals surface area contributed by atoms with E-state index < -0.39 is 24.7 Å². The van der Waals surface area contributed by atoms with E-state index >= 15 is 0 Å². The zero-order chi connectivity index (χ0) is 13.9. The number of nitrogen functional groups attached to an aromatic ring is 1. The van der Waals surface area contributed by atoms with Gasteiger partial charge in [-0.2, -0.15) is 4.98 Å². The first kappa shape index (κ1) is 13.5. The van der Waals surface area contributed by atoms with Crippen LogP contribution in [0.1, 0.15) is 6.23 Å². The predicted octanol–water partition coefficient (Wildman–Crippen LogP) is -0.956. The molecule has 2 aliphatic heterocycles. The van der Waals surface area contributed by atoms with Gasteiger partial charge in [-0.25, -0.2) is 4.79 Å². The molecule has 0 radical (unpaired) electrons. The summed E-state index contributed by atoms with van der Waals surface area (Å²) in [5.74, 6) is 0.167. The lowest BCUT2D eigenvalue weighted by Crippen LogP contribution is -2.29. The first-order valence-electron chi connectivity index (χ1n) is 6.19. The Labute approximate surface area is 114 Å². The fourth-order valence-corrected chi connectivity index (χ4v) is 1.91. The molecule has 3 heterocycles. The third-order valence-corrected chi connectivity index (χ3v) is 2.85. The highest BCUT2D eigenvalue weighted by Crippen LogP contribution is 2.20. The van der Waals surface area contributed by atoms with Crippen molar-refractivity contribution in [1.82, 2.24) is 9.55 Å². The number of rotatable bonds is 4. The summed E-state index contributed by atoms with van der Waals surface area (Å²) in [6, 6.07) is 1.52. The number of anilines is 1. The van der Waals surface area contributed by atoms with Crippen molar-refractivity contribution in [3.63, 3.8) is 0 Å². The molecule has 9 nitrogen and oxygen atoms in total. The smallest absolute Gasteiger partial charge is 0.351 e. The van der Waals surface area contributed by atoms with Gasteiger partial charge in [0, 0.05) is 6.20 Å². The van der Waals surface area contributed by atoms with Crippen LogP contribution in [0.3, 0.4) is 0 Å². The Morgan fingerprint density at radius 3 is 2.95 bits per heavy atom. The van der Waals surface area contributed by atoms with Crippen molar-refractivity contribution in [1.29, 1.82) is 0 Å². The van der Waals surface area contributed by atoms with Crippen molar-refractivity contribution >= 4 is 5.82 Å². The Kier molecular flexibility index (Phi) is 3.94. The molecular formula is C11H15N3O6. The quantitative estimate of drug-likeness (QED) is 0.754. The lowest BCUT2D eigenvalue weighted by molar-refractivity contribution is -0.255. The summed E-state index contributed by atoms with van der Waals surface area (Å²) in [4.78, 5) is 15.3. The SMILES string of the molecule is Nc1ccn([C@@H]2CO[C@H](COC3OCCO3)O2)c(=O)n1. The van der Waals surface area contributed by atoms with Crippen LogP contribution in [0.4, 0.5) is 5.82 Å². The average Bonchev–Trinajstić information content (AvgIpc) is 3.07. The molecule has 0 amide bonds. The summed E-state index contributed by atoms with van der Waals surface area (Å²) in [5, 5.41) is 0. The third kappa shape index (κ3) is 2.97. The van der Waals surface area contributed by atoms with Crippen LogP contribution in [-0.2, 0) is 23.7 Å². The van der Waals surface area contributed by atoms with Crippen LogP contribution < -0.4 is 11.4 Å². The van der Waals surface area contributed by atoms with E-state index in [1.807, 2.05) is 0 Å². The molecular weight excluding hydrogens is 270 g/mol. The lowest BCUT2D eigenvalue weighted by atomic mass is 10.5. The molecule has 3 rings (SSSR count). The maximum atomic E-state index is 11.7. The Balaban J connectivity index is 1.54. The minimum absolute atomic E-state index is 0.151. The zero-order valence-electron chi connectivity index (χ0n) is 10.6. The van der Waals surface area contributed by atoms with Crippen LogP contribution in [0.2, 0.25) is 0 Å². The monoisotopic (exact) mass is 285 g/mol. The molecule has 1 aromatic rings. The molecule has 0 unspecified atom stereocenters. The molecule has 2 fully saturated rings. The number of nitrogens with zero attached hydrogens (tertiary/aromatic N) is 2. The highest BCUT2D eigenvalue weighted by atomic mass is 16.9. The van der Waals surface area contributed by atoms with E-state index in [0.717, 1.165) is 0 Å². The average molecular weight is 285 g/mol. The van der Waals surface area contributed by atoms with E-state index in [1.165, 1.54) is 16.8 Å². The van der Waals surface area contributed by atoms with Gasteiger partial charge in [-0.3, -0.25) is 4.57 Å². The van der Waals surface area contributed by atoms with Gasteiger partial charge in [-0.05, 0) is 6.07 Å². The topological polar surface area (TPSA) is 107 Å². The van der Waals surface area contributed by atoms with Crippen LogP contribution in [0.15, 0.2) is 17.1 Å². The largest absolute Gasteiger partial charge is 0.383 e. The third-order valence-electron chi connectivity index (χ3n) is 2.85. The second kappa shape index (κ2) is 5.85. The highest BCUT2D eigenvalue weighted by Gasteiger charge is 2.29. The van der Waals surface area contributed by atoms with Crippen LogP contribution >= 0.6 is 0 Å². The number of aromatic nitrogens is 2. The molecule has 0 saturated carbocycles. The Morgan fingerprint density at radius 1 is 1.40 bits per heavy atom. The van der Waals surface area contributed by atoms with Crippen LogP contribution in [0, 0.1) is 0 Å². The minimum Gasteiger partial charge on any atom is -0.383 e. The van der Waals surface area contributed by atoms with Crippen LogP contribution in [0.5, 0.6) is 0 Å². The van der Waals surface area contributed by atoms with E-state index in [2.05, 4.69) is 4.98 Å². The molecule has 0 aliphatic carbocycles. The maximum Gasteiger partial charge on any atom is 0.351 e. The number of hydrogen-bond donors (Lipinski definition) is 1. The summed E-state index contributed by atoms with van der Waals surface area (Å²) < 4.78 is 27.8. The molecule has 2 atom stereocenters. The van der Waals surface area contributed by atoms with Crippen LogP contribution in [-0.4, -0.2) is 48.7 Å². The van der Waals surface area contributed by atoms with E-state index in [4.69, 9.17) is 29.4 Å². The lowest BCUT2D eigenvalue weighted by Gasteiger charge is -2.15. The van der Waals surface area contributed by atoms with Gasteiger partial charge in [0.25, 0.3) is 6.48 Å². The van der Waals surface area contributed by atoms with Crippen molar-refractivity contribution in [2.45, 2.75) is 19.0 Å². The molecule has 0 spiro atoms. The van der Waals surface area contributed by atoms with Gasteiger partial charge in [0.15, 0.2) is 12.5 Å². The molecule has 20 heavy (non-hydrogen) atoms. The molecule has 9 heteroatoms. The fraction of sp³-hybridized carbons (Fsp3) is 0.636. The van der Waals surface area contributed by atoms with Crippen molar-refractivity contribution in [3.05, 3.63) is 22.7 Å². The van der Waals surface area contributed by atoms with Crippen molar-refractivity contribution in [3.8, 4) is 0 Å². The summed E-state index contributed by atoms with van der Waals surface area (Å²) >= 11 is 0. The van der Waals surface area contributed by atoms with E-state index in [0.29, 0.717) is 13.2 Å². The minimum atomic E-state index is -0.679. The van der Waals surface area contributed by atoms with Gasteiger partial charge in [0.05, 0.1) is 19.8 Å². The molecule has 0 bridgehead atoms. The normalized spacial score (nSPS) is 27.2. The van der Waals surface area contributed by atoms with Gasteiger partial charge in [0.2, 0.25) is 0 Å². The van der Waals surface area contributed by atoms with E-state index in [1.54, 1.807) is 0 Å². The standard InChI is InChI=1S/C11H15N3O6/c12-7-1-2-14(10(15)13-7)8-5-18-9(20-8)6-19-11-16-3-4-17-11/h1-2,8-9,11H,3-6H2,(H2,12,13,15)/t8-,9-/m0/s1. The number of nitrogens with two attached hydrogens (primary N) is 1. The van der Waals surface area contributed by atoms with Crippen molar-refractivity contribution in [2.75, 3.05) is 32.2 Å². The number of hydrogen-bond acceptors (Lipinski definition) is 8. The van der Waals surface area contributed by atoms with Gasteiger partial charge >= 0.3 is 5.69 Å². The second-order valence-corrected chi connectivity index (χ2v) is 4.26. The van der Waals surface area contributed by atoms with E-state index in [9.17, 15) is 4.79 Å². The Hall–Kier alpha value is -1.52. The van der Waals surface area contributed by atoms with Gasteiger partial charge in [-0.1, -0.05) is 0 Å². The van der Waals surface area contributed by atoms with Gasteiger partial charge in [-0.15, -0.1) is 0 Å². The van der Waals surface area contributed by atoms with Crippen molar-refractivity contribution < 1.29 is 23.7 Å². The van der Waals surface area contributed by atoms with Gasteiger partial charge in [0.1, 0.15) is 12.4 Å².